The van der Waals surface area contributed by atoms with Gasteiger partial charge in [-0.05, 0) is 31.9 Å². The van der Waals surface area contributed by atoms with E-state index in [1.165, 1.54) is 6.07 Å². The maximum absolute atomic E-state index is 13.5. The maximum atomic E-state index is 13.5. The minimum atomic E-state index is -2.51. The van der Waals surface area contributed by atoms with Crippen LogP contribution in [-0.4, -0.2) is 12.5 Å². The molecule has 4 heteroatoms. The Balaban J connectivity index is 1.86. The van der Waals surface area contributed by atoms with Crippen LogP contribution in [0.4, 0.5) is 13.2 Å². The van der Waals surface area contributed by atoms with E-state index in [1.807, 2.05) is 6.92 Å². The molecule has 1 aromatic rings. The van der Waals surface area contributed by atoms with E-state index in [2.05, 4.69) is 5.32 Å². The second-order valence-corrected chi connectivity index (χ2v) is 5.12. The number of hydrogen-bond donors (Lipinski definition) is 1. The maximum Gasteiger partial charge on any atom is 0.248 e. The Morgan fingerprint density at radius 3 is 2.72 bits per heavy atom. The quantitative estimate of drug-likeness (QED) is 0.862. The first-order valence-corrected chi connectivity index (χ1v) is 6.33. The van der Waals surface area contributed by atoms with Crippen molar-refractivity contribution >= 4 is 0 Å². The van der Waals surface area contributed by atoms with Crippen LogP contribution in [0.5, 0.6) is 0 Å². The fourth-order valence-electron chi connectivity index (χ4n) is 2.50. The average molecular weight is 257 g/mol. The number of benzene rings is 1. The Labute approximate surface area is 105 Å². The number of alkyl halides is 2. The van der Waals surface area contributed by atoms with Crippen LogP contribution in [0.25, 0.3) is 0 Å². The van der Waals surface area contributed by atoms with Gasteiger partial charge >= 0.3 is 0 Å². The van der Waals surface area contributed by atoms with E-state index in [0.29, 0.717) is 18.5 Å². The van der Waals surface area contributed by atoms with Crippen molar-refractivity contribution in [2.45, 2.75) is 38.2 Å². The van der Waals surface area contributed by atoms with E-state index in [-0.39, 0.29) is 30.6 Å². The monoisotopic (exact) mass is 257 g/mol. The molecule has 0 aliphatic heterocycles. The van der Waals surface area contributed by atoms with Gasteiger partial charge in [0.05, 0.1) is 0 Å². The van der Waals surface area contributed by atoms with Crippen molar-refractivity contribution in [1.29, 1.82) is 0 Å². The highest BCUT2D eigenvalue weighted by atomic mass is 19.3. The molecule has 0 saturated heterocycles. The Hall–Kier alpha value is -1.03. The van der Waals surface area contributed by atoms with Crippen molar-refractivity contribution < 1.29 is 13.2 Å². The normalized spacial score (nSPS) is 24.1. The molecule has 1 saturated carbocycles. The first kappa shape index (κ1) is 13.4. The van der Waals surface area contributed by atoms with Gasteiger partial charge in [0.25, 0.3) is 0 Å². The van der Waals surface area contributed by atoms with E-state index in [0.717, 1.165) is 0 Å². The summed E-state index contributed by atoms with van der Waals surface area (Å²) in [6.45, 7) is 2.37. The van der Waals surface area contributed by atoms with Crippen LogP contribution in [0.2, 0.25) is 0 Å². The molecule has 1 fully saturated rings. The van der Waals surface area contributed by atoms with E-state index < -0.39 is 5.92 Å². The molecule has 1 nitrogen and oxygen atoms in total. The Morgan fingerprint density at radius 1 is 1.39 bits per heavy atom. The van der Waals surface area contributed by atoms with E-state index in [9.17, 15) is 13.2 Å². The zero-order valence-corrected chi connectivity index (χ0v) is 10.4. The minimum Gasteiger partial charge on any atom is -0.310 e. The van der Waals surface area contributed by atoms with Gasteiger partial charge < -0.3 is 5.32 Å². The molecule has 2 rings (SSSR count). The van der Waals surface area contributed by atoms with Crippen LogP contribution in [-0.2, 0) is 0 Å². The van der Waals surface area contributed by atoms with Gasteiger partial charge in [0.15, 0.2) is 0 Å². The van der Waals surface area contributed by atoms with Crippen LogP contribution in [0.1, 0.15) is 37.8 Å². The van der Waals surface area contributed by atoms with Crippen molar-refractivity contribution in [1.82, 2.24) is 5.32 Å². The number of halogens is 3. The molecule has 1 aliphatic carbocycles. The lowest BCUT2D eigenvalue weighted by Crippen LogP contribution is -2.26. The predicted molar refractivity (Wildman–Crippen MR) is 65.1 cm³/mol. The summed E-state index contributed by atoms with van der Waals surface area (Å²) in [6, 6.07) is 6.40. The molecule has 100 valence electrons. The van der Waals surface area contributed by atoms with Crippen LogP contribution in [0, 0.1) is 11.7 Å². The molecule has 1 aliphatic rings. The highest BCUT2D eigenvalue weighted by molar-refractivity contribution is 5.20. The molecular formula is C14H18F3N. The number of nitrogens with one attached hydrogen (secondary N) is 1. The van der Waals surface area contributed by atoms with Gasteiger partial charge in [0.1, 0.15) is 5.82 Å². The van der Waals surface area contributed by atoms with E-state index >= 15 is 0 Å². The summed E-state index contributed by atoms with van der Waals surface area (Å²) in [6.07, 6.45) is 0.474. The molecule has 0 spiro atoms. The lowest BCUT2D eigenvalue weighted by Gasteiger charge is -2.18. The van der Waals surface area contributed by atoms with Gasteiger partial charge in [-0.1, -0.05) is 18.2 Å². The van der Waals surface area contributed by atoms with Gasteiger partial charge in [-0.15, -0.1) is 0 Å². The smallest absolute Gasteiger partial charge is 0.248 e. The molecule has 0 bridgehead atoms. The summed E-state index contributed by atoms with van der Waals surface area (Å²) < 4.78 is 39.5. The molecule has 1 unspecified atom stereocenters. The summed E-state index contributed by atoms with van der Waals surface area (Å²) in [5, 5.41) is 3.15. The summed E-state index contributed by atoms with van der Waals surface area (Å²) in [7, 11) is 0. The molecule has 0 aromatic heterocycles. The second-order valence-electron chi connectivity index (χ2n) is 5.12. The Bertz CT molecular complexity index is 406. The molecule has 18 heavy (non-hydrogen) atoms. The molecular weight excluding hydrogens is 239 g/mol. The third kappa shape index (κ3) is 3.25. The van der Waals surface area contributed by atoms with Crippen LogP contribution in [0.3, 0.4) is 0 Å². The van der Waals surface area contributed by atoms with Crippen molar-refractivity contribution in [2.24, 2.45) is 5.92 Å². The number of rotatable bonds is 4. The van der Waals surface area contributed by atoms with Gasteiger partial charge in [0.2, 0.25) is 5.92 Å². The van der Waals surface area contributed by atoms with Crippen molar-refractivity contribution in [3.8, 4) is 0 Å². The van der Waals surface area contributed by atoms with Gasteiger partial charge in [-0.3, -0.25) is 0 Å². The van der Waals surface area contributed by atoms with Gasteiger partial charge in [0, 0.05) is 24.4 Å². The molecule has 0 heterocycles. The third-order valence-electron chi connectivity index (χ3n) is 3.59. The lowest BCUT2D eigenvalue weighted by molar-refractivity contribution is 0.00499. The van der Waals surface area contributed by atoms with Crippen LogP contribution >= 0.6 is 0 Å². The third-order valence-corrected chi connectivity index (χ3v) is 3.59. The SMILES string of the molecule is C[C@@H](NCC1CCC(F)(F)C1)c1ccccc1F. The van der Waals surface area contributed by atoms with Gasteiger partial charge in [-0.2, -0.15) is 0 Å². The fourth-order valence-corrected chi connectivity index (χ4v) is 2.50. The zero-order valence-electron chi connectivity index (χ0n) is 10.4. The zero-order chi connectivity index (χ0) is 13.2. The molecule has 1 aromatic carbocycles. The summed E-state index contributed by atoms with van der Waals surface area (Å²) in [5.41, 5.74) is 0.585. The first-order chi connectivity index (χ1) is 8.48. The van der Waals surface area contributed by atoms with Crippen LogP contribution in [0.15, 0.2) is 24.3 Å². The Kier molecular flexibility index (Phi) is 3.95. The van der Waals surface area contributed by atoms with E-state index in [1.54, 1.807) is 18.2 Å². The second kappa shape index (κ2) is 5.31. The Morgan fingerprint density at radius 2 is 2.11 bits per heavy atom. The largest absolute Gasteiger partial charge is 0.310 e. The predicted octanol–water partition coefficient (Wildman–Crippen LogP) is 3.91. The molecule has 0 radical (unpaired) electrons. The first-order valence-electron chi connectivity index (χ1n) is 6.33. The summed E-state index contributed by atoms with van der Waals surface area (Å²) >= 11 is 0. The van der Waals surface area contributed by atoms with Crippen molar-refractivity contribution in [2.75, 3.05) is 6.54 Å². The highest BCUT2D eigenvalue weighted by Crippen LogP contribution is 2.38. The van der Waals surface area contributed by atoms with Gasteiger partial charge in [-0.25, -0.2) is 13.2 Å². The lowest BCUT2D eigenvalue weighted by atomic mass is 10.0. The fraction of sp³-hybridized carbons (Fsp3) is 0.571. The summed E-state index contributed by atoms with van der Waals surface area (Å²) in [4.78, 5) is 0. The number of hydrogen-bond acceptors (Lipinski definition) is 1. The average Bonchev–Trinajstić information content (AvgIpc) is 2.66. The minimum absolute atomic E-state index is 0.00535. The van der Waals surface area contributed by atoms with Crippen molar-refractivity contribution in [3.63, 3.8) is 0 Å². The topological polar surface area (TPSA) is 12.0 Å². The molecule has 2 atom stereocenters. The molecule has 0 amide bonds. The molecule has 1 N–H and O–H groups in total. The highest BCUT2D eigenvalue weighted by Gasteiger charge is 2.39. The van der Waals surface area contributed by atoms with Crippen molar-refractivity contribution in [3.05, 3.63) is 35.6 Å². The summed E-state index contributed by atoms with van der Waals surface area (Å²) in [5.74, 6) is -2.77. The van der Waals surface area contributed by atoms with Crippen LogP contribution < -0.4 is 5.32 Å². The standard InChI is InChI=1S/C14H18F3N/c1-10(12-4-2-3-5-13(12)15)18-9-11-6-7-14(16,17)8-11/h2-5,10-11,18H,6-9H2,1H3/t10-,11?/m1/s1. The van der Waals surface area contributed by atoms with E-state index in [4.69, 9.17) is 0 Å².